The van der Waals surface area contributed by atoms with Gasteiger partial charge >= 0.3 is 7.82 Å². The summed E-state index contributed by atoms with van der Waals surface area (Å²) in [7, 11) is -3.85. The van der Waals surface area contributed by atoms with Gasteiger partial charge in [0.05, 0.1) is 12.2 Å². The average Bonchev–Trinajstić information content (AvgIpc) is 2.35. The molecule has 0 fully saturated rings. The third-order valence-corrected chi connectivity index (χ3v) is 3.91. The first-order valence-electron chi connectivity index (χ1n) is 6.50. The van der Waals surface area contributed by atoms with Crippen molar-refractivity contribution in [3.05, 3.63) is 29.3 Å². The van der Waals surface area contributed by atoms with Gasteiger partial charge in [-0.25, -0.2) is 4.57 Å². The second-order valence-electron chi connectivity index (χ2n) is 4.92. The molecule has 0 amide bonds. The summed E-state index contributed by atoms with van der Waals surface area (Å²) < 4.78 is 28.3. The molecular weight excluding hydrogens is 295 g/mol. The van der Waals surface area contributed by atoms with Crippen molar-refractivity contribution in [2.24, 2.45) is 0 Å². The third kappa shape index (κ3) is 5.79. The summed E-state index contributed by atoms with van der Waals surface area (Å²) in [5.41, 5.74) is 0.463. The van der Waals surface area contributed by atoms with E-state index >= 15 is 0 Å². The Kier molecular flexibility index (Phi) is 6.27. The Balaban J connectivity index is 3.10. The molecule has 0 atom stereocenters. The van der Waals surface area contributed by atoms with Gasteiger partial charge in [0, 0.05) is 11.1 Å². The molecule has 1 aromatic rings. The van der Waals surface area contributed by atoms with Crippen LogP contribution in [0.4, 0.5) is 0 Å². The maximum atomic E-state index is 12.6. The fourth-order valence-corrected chi connectivity index (χ4v) is 3.08. The topological polar surface area (TPSA) is 78.9 Å². The van der Waals surface area contributed by atoms with Crippen LogP contribution in [0.1, 0.15) is 48.4 Å². The number of carbonyl (C=O) groups is 2. The van der Waals surface area contributed by atoms with E-state index in [2.05, 4.69) is 0 Å². The van der Waals surface area contributed by atoms with E-state index in [-0.39, 0.29) is 29.1 Å². The van der Waals surface area contributed by atoms with Gasteiger partial charge in [-0.1, -0.05) is 0 Å². The van der Waals surface area contributed by atoms with Gasteiger partial charge in [-0.2, -0.15) is 0 Å². The molecule has 0 aliphatic rings. The lowest BCUT2D eigenvalue weighted by molar-refractivity contribution is 0.103. The Morgan fingerprint density at radius 1 is 0.905 bits per heavy atom. The molecule has 0 radical (unpaired) electrons. The normalized spacial score (nSPS) is 11.7. The Morgan fingerprint density at radius 3 is 1.67 bits per heavy atom. The molecule has 0 heterocycles. The highest BCUT2D eigenvalue weighted by molar-refractivity contribution is 7.49. The van der Waals surface area contributed by atoms with E-state index in [4.69, 9.17) is 13.6 Å². The first kappa shape index (κ1) is 17.6. The Hall–Kier alpha value is -1.49. The zero-order chi connectivity index (χ0) is 16.0. The van der Waals surface area contributed by atoms with Crippen LogP contribution in [0.3, 0.4) is 0 Å². The fourth-order valence-electron chi connectivity index (χ4n) is 1.55. The molecular formula is C14H19O6P. The molecule has 21 heavy (non-hydrogen) atoms. The van der Waals surface area contributed by atoms with Crippen LogP contribution in [-0.4, -0.2) is 24.8 Å². The van der Waals surface area contributed by atoms with E-state index in [9.17, 15) is 14.2 Å². The molecule has 0 saturated heterocycles. The van der Waals surface area contributed by atoms with Gasteiger partial charge in [-0.3, -0.25) is 18.6 Å². The minimum absolute atomic E-state index is 0.0753. The van der Waals surface area contributed by atoms with Crippen LogP contribution in [0.25, 0.3) is 0 Å². The van der Waals surface area contributed by atoms with E-state index in [0.717, 1.165) is 0 Å². The molecule has 7 heteroatoms. The Bertz CT molecular complexity index is 512. The summed E-state index contributed by atoms with van der Waals surface area (Å²) in [4.78, 5) is 21.7. The van der Waals surface area contributed by atoms with E-state index < -0.39 is 7.82 Å². The first-order chi connectivity index (χ1) is 9.78. The maximum Gasteiger partial charge on any atom is 0.530 e. The number of benzene rings is 1. The molecule has 6 nitrogen and oxygen atoms in total. The molecule has 116 valence electrons. The van der Waals surface area contributed by atoms with E-state index in [1.807, 2.05) is 0 Å². The second-order valence-corrected chi connectivity index (χ2v) is 6.42. The lowest BCUT2D eigenvalue weighted by Crippen LogP contribution is -2.11. The van der Waals surface area contributed by atoms with Crippen LogP contribution in [0.5, 0.6) is 5.75 Å². The average molecular weight is 314 g/mol. The lowest BCUT2D eigenvalue weighted by Gasteiger charge is -2.22. The van der Waals surface area contributed by atoms with Crippen LogP contribution in [0.2, 0.25) is 0 Å². The molecule has 0 saturated carbocycles. The molecule has 0 bridgehead atoms. The predicted molar refractivity (Wildman–Crippen MR) is 77.9 cm³/mol. The maximum absolute atomic E-state index is 12.6. The summed E-state index contributed by atoms with van der Waals surface area (Å²) in [6, 6.07) is 4.12. The minimum atomic E-state index is -3.85. The van der Waals surface area contributed by atoms with Crippen molar-refractivity contribution in [1.82, 2.24) is 0 Å². The number of aldehydes is 2. The zero-order valence-corrected chi connectivity index (χ0v) is 13.3. The summed E-state index contributed by atoms with van der Waals surface area (Å²) in [6.45, 7) is 6.77. The predicted octanol–water partition coefficient (Wildman–Crippen LogP) is 3.65. The molecule has 1 rings (SSSR count). The van der Waals surface area contributed by atoms with Gasteiger partial charge in [0.1, 0.15) is 18.3 Å². The number of rotatable bonds is 8. The molecule has 0 aliphatic carbocycles. The number of hydrogen-bond acceptors (Lipinski definition) is 6. The van der Waals surface area contributed by atoms with Crippen LogP contribution < -0.4 is 4.52 Å². The van der Waals surface area contributed by atoms with Crippen LogP contribution in [-0.2, 0) is 13.6 Å². The second kappa shape index (κ2) is 7.50. The third-order valence-electron chi connectivity index (χ3n) is 2.12. The van der Waals surface area contributed by atoms with Gasteiger partial charge in [-0.15, -0.1) is 0 Å². The van der Waals surface area contributed by atoms with Gasteiger partial charge < -0.3 is 4.52 Å². The van der Waals surface area contributed by atoms with Crippen molar-refractivity contribution in [1.29, 1.82) is 0 Å². The molecule has 0 aromatic heterocycles. The molecule has 0 aliphatic heterocycles. The Morgan fingerprint density at radius 2 is 1.33 bits per heavy atom. The molecule has 0 unspecified atom stereocenters. The monoisotopic (exact) mass is 314 g/mol. The number of phosphoric acid groups is 1. The summed E-state index contributed by atoms with van der Waals surface area (Å²) in [6.07, 6.45) is 0.373. The molecule has 1 aromatic carbocycles. The van der Waals surface area contributed by atoms with Crippen LogP contribution in [0, 0.1) is 0 Å². The largest absolute Gasteiger partial charge is 0.530 e. The first-order valence-corrected chi connectivity index (χ1v) is 7.96. The van der Waals surface area contributed by atoms with Crippen molar-refractivity contribution in [3.8, 4) is 5.75 Å². The summed E-state index contributed by atoms with van der Waals surface area (Å²) >= 11 is 0. The number of hydrogen-bond donors (Lipinski definition) is 0. The number of phosphoric ester groups is 1. The minimum Gasteiger partial charge on any atom is -0.404 e. The van der Waals surface area contributed by atoms with Gasteiger partial charge in [0.25, 0.3) is 0 Å². The number of carbonyl (C=O) groups excluding carboxylic acids is 2. The summed E-state index contributed by atoms with van der Waals surface area (Å²) in [5, 5.41) is 0. The van der Waals surface area contributed by atoms with E-state index in [1.165, 1.54) is 18.2 Å². The lowest BCUT2D eigenvalue weighted by atomic mass is 10.1. The van der Waals surface area contributed by atoms with E-state index in [1.54, 1.807) is 27.7 Å². The Labute approximate surface area is 124 Å². The SMILES string of the molecule is CC(C)OP(=O)(Oc1cc(C=O)cc(C=O)c1)OC(C)C. The van der Waals surface area contributed by atoms with E-state index in [0.29, 0.717) is 12.6 Å². The standard InChI is InChI=1S/C14H19O6P/c1-10(2)18-21(17,19-11(3)4)20-14-6-12(8-15)5-13(7-14)9-16/h5-11H,1-4H3. The van der Waals surface area contributed by atoms with Crippen molar-refractivity contribution in [2.75, 3.05) is 0 Å². The summed E-state index contributed by atoms with van der Waals surface area (Å²) in [5.74, 6) is 0.0753. The van der Waals surface area contributed by atoms with Crippen LogP contribution in [0.15, 0.2) is 18.2 Å². The van der Waals surface area contributed by atoms with Crippen molar-refractivity contribution < 1.29 is 27.7 Å². The van der Waals surface area contributed by atoms with Gasteiger partial charge in [0.2, 0.25) is 0 Å². The molecule has 0 spiro atoms. The highest BCUT2D eigenvalue weighted by Gasteiger charge is 2.31. The van der Waals surface area contributed by atoms with Crippen molar-refractivity contribution in [2.45, 2.75) is 39.9 Å². The van der Waals surface area contributed by atoms with Gasteiger partial charge in [0.15, 0.2) is 0 Å². The van der Waals surface area contributed by atoms with Crippen molar-refractivity contribution in [3.63, 3.8) is 0 Å². The van der Waals surface area contributed by atoms with Crippen LogP contribution >= 0.6 is 7.82 Å². The highest BCUT2D eigenvalue weighted by atomic mass is 31.2. The highest BCUT2D eigenvalue weighted by Crippen LogP contribution is 2.51. The smallest absolute Gasteiger partial charge is 0.404 e. The quantitative estimate of drug-likeness (QED) is 0.538. The van der Waals surface area contributed by atoms with Crippen molar-refractivity contribution >= 4 is 20.4 Å². The molecule has 0 N–H and O–H groups in total. The fraction of sp³-hybridized carbons (Fsp3) is 0.429. The van der Waals surface area contributed by atoms with Gasteiger partial charge in [-0.05, 0) is 45.9 Å². The zero-order valence-electron chi connectivity index (χ0n) is 12.4.